The molecule has 0 N–H and O–H groups in total. The zero-order chi connectivity index (χ0) is 14.9. The molecule has 0 saturated carbocycles. The van der Waals surface area contributed by atoms with Gasteiger partial charge in [0.05, 0.1) is 18.8 Å². The topological polar surface area (TPSA) is 83.5 Å². The maximum atomic E-state index is 12.2. The van der Waals surface area contributed by atoms with E-state index in [4.69, 9.17) is 16.9 Å². The number of hydrazone groups is 1. The van der Waals surface area contributed by atoms with Gasteiger partial charge in [-0.3, -0.25) is 0 Å². The molecular formula is C10H8ClF2N5O2. The summed E-state index contributed by atoms with van der Waals surface area (Å²) in [5.74, 6) is -0.299. The summed E-state index contributed by atoms with van der Waals surface area (Å²) < 4.78 is 29.8. The van der Waals surface area contributed by atoms with E-state index in [0.29, 0.717) is 6.29 Å². The van der Waals surface area contributed by atoms with E-state index < -0.39 is 12.0 Å². The van der Waals surface area contributed by atoms with Gasteiger partial charge in [-0.2, -0.15) is 19.1 Å². The molecule has 1 atom stereocenters. The third-order valence-corrected chi connectivity index (χ3v) is 2.96. The molecule has 1 unspecified atom stereocenters. The third-order valence-electron chi connectivity index (χ3n) is 2.63. The Bertz CT molecular complexity index is 612. The van der Waals surface area contributed by atoms with Gasteiger partial charge in [0.2, 0.25) is 5.88 Å². The Kier molecular flexibility index (Phi) is 3.59. The Balaban J connectivity index is 2.31. The first-order valence-corrected chi connectivity index (χ1v) is 5.68. The zero-order valence-corrected chi connectivity index (χ0v) is 10.9. The number of nitrogens with zero attached hydrogens (tertiary/aromatic N) is 5. The molecule has 0 fully saturated rings. The highest BCUT2D eigenvalue weighted by molar-refractivity contribution is 6.34. The summed E-state index contributed by atoms with van der Waals surface area (Å²) in [4.78, 5) is 10.9. The first kappa shape index (κ1) is 14.2. The van der Waals surface area contributed by atoms with Crippen molar-refractivity contribution in [2.45, 2.75) is 6.61 Å². The fourth-order valence-corrected chi connectivity index (χ4v) is 1.94. The minimum absolute atomic E-state index is 0.0278. The van der Waals surface area contributed by atoms with Crippen LogP contribution in [0.15, 0.2) is 5.10 Å². The van der Waals surface area contributed by atoms with Gasteiger partial charge in [-0.15, -0.1) is 5.10 Å². The first-order chi connectivity index (χ1) is 9.42. The predicted octanol–water partition coefficient (Wildman–Crippen LogP) is 1.19. The van der Waals surface area contributed by atoms with Crippen LogP contribution in [-0.2, 0) is 11.8 Å². The van der Waals surface area contributed by atoms with Gasteiger partial charge in [0.25, 0.3) is 0 Å². The van der Waals surface area contributed by atoms with Crippen LogP contribution in [0.1, 0.15) is 0 Å². The van der Waals surface area contributed by atoms with Crippen LogP contribution in [0, 0.1) is 16.7 Å². The number of carbonyl (C=O) groups excluding carboxylic acids is 1. The number of alkyl halides is 2. The fourth-order valence-electron chi connectivity index (χ4n) is 1.64. The Morgan fingerprint density at radius 3 is 2.90 bits per heavy atom. The molecule has 1 aromatic rings. The van der Waals surface area contributed by atoms with Crippen molar-refractivity contribution in [1.82, 2.24) is 9.78 Å². The number of halogens is 3. The van der Waals surface area contributed by atoms with Gasteiger partial charge in [0, 0.05) is 7.05 Å². The molecule has 1 aliphatic heterocycles. The smallest absolute Gasteiger partial charge is 0.388 e. The minimum atomic E-state index is -3.05. The monoisotopic (exact) mass is 303 g/mol. The van der Waals surface area contributed by atoms with Crippen LogP contribution in [-0.4, -0.2) is 35.4 Å². The second-order valence-electron chi connectivity index (χ2n) is 4.02. The van der Waals surface area contributed by atoms with Gasteiger partial charge in [-0.25, -0.2) is 9.69 Å². The van der Waals surface area contributed by atoms with E-state index in [-0.39, 0.29) is 23.3 Å². The Morgan fingerprint density at radius 2 is 2.40 bits per heavy atom. The lowest BCUT2D eigenvalue weighted by Gasteiger charge is -2.14. The van der Waals surface area contributed by atoms with Crippen molar-refractivity contribution >= 4 is 29.9 Å². The molecule has 2 rings (SSSR count). The van der Waals surface area contributed by atoms with E-state index in [1.165, 1.54) is 12.1 Å². The molecule has 20 heavy (non-hydrogen) atoms. The normalized spacial score (nSPS) is 21.3. The second-order valence-corrected chi connectivity index (χ2v) is 4.40. The van der Waals surface area contributed by atoms with Crippen LogP contribution in [0.2, 0.25) is 5.02 Å². The highest BCUT2D eigenvalue weighted by Gasteiger charge is 2.38. The maximum Gasteiger partial charge on any atom is 0.388 e. The predicted molar refractivity (Wildman–Crippen MR) is 64.8 cm³/mol. The largest absolute Gasteiger partial charge is 0.415 e. The Hall–Kier alpha value is -2.21. The number of aromatic nitrogens is 2. The lowest BCUT2D eigenvalue weighted by atomic mass is 9.95. The number of aldehydes is 1. The molecule has 0 spiro atoms. The van der Waals surface area contributed by atoms with Crippen LogP contribution in [0.25, 0.3) is 0 Å². The summed E-state index contributed by atoms with van der Waals surface area (Å²) in [6, 6.07) is 1.81. The number of aryl methyl sites for hydroxylation is 1. The quantitative estimate of drug-likeness (QED) is 0.780. The second kappa shape index (κ2) is 5.05. The number of anilines is 1. The Morgan fingerprint density at radius 1 is 1.70 bits per heavy atom. The summed E-state index contributed by atoms with van der Waals surface area (Å²) in [6.07, 6.45) is 1.60. The Labute approximate surface area is 117 Å². The zero-order valence-electron chi connectivity index (χ0n) is 10.1. The number of nitriles is 1. The fraction of sp³-hybridized carbons (Fsp3) is 0.400. The van der Waals surface area contributed by atoms with Gasteiger partial charge in [0.15, 0.2) is 11.2 Å². The summed E-state index contributed by atoms with van der Waals surface area (Å²) >= 11 is 5.90. The average molecular weight is 304 g/mol. The molecule has 0 amide bonds. The van der Waals surface area contributed by atoms with Crippen molar-refractivity contribution in [3.8, 4) is 11.9 Å². The first-order valence-electron chi connectivity index (χ1n) is 5.30. The van der Waals surface area contributed by atoms with Gasteiger partial charge < -0.3 is 9.53 Å². The summed E-state index contributed by atoms with van der Waals surface area (Å²) in [6.45, 7) is -3.15. The van der Waals surface area contributed by atoms with Crippen molar-refractivity contribution < 1.29 is 18.3 Å². The van der Waals surface area contributed by atoms with Crippen LogP contribution in [0.5, 0.6) is 5.88 Å². The van der Waals surface area contributed by atoms with Gasteiger partial charge in [-0.05, 0) is 0 Å². The summed E-state index contributed by atoms with van der Waals surface area (Å²) in [5.41, 5.74) is -1.40. The van der Waals surface area contributed by atoms with E-state index in [2.05, 4.69) is 14.9 Å². The van der Waals surface area contributed by atoms with Crippen molar-refractivity contribution in [3.05, 3.63) is 5.02 Å². The highest BCUT2D eigenvalue weighted by atomic mass is 35.5. The van der Waals surface area contributed by atoms with Crippen molar-refractivity contribution in [3.63, 3.8) is 0 Å². The molecule has 7 nitrogen and oxygen atoms in total. The molecule has 0 aliphatic carbocycles. The molecule has 1 aromatic heterocycles. The molecular weight excluding hydrogens is 296 g/mol. The number of hydrogen-bond acceptors (Lipinski definition) is 6. The van der Waals surface area contributed by atoms with Gasteiger partial charge in [-0.1, -0.05) is 11.6 Å². The van der Waals surface area contributed by atoms with Gasteiger partial charge in [0.1, 0.15) is 11.3 Å². The SMILES string of the molecule is Cn1nc(N2CC(C#N)(C=O)C=N2)c(Cl)c1OC(F)F. The van der Waals surface area contributed by atoms with Crippen molar-refractivity contribution in [1.29, 1.82) is 5.26 Å². The highest BCUT2D eigenvalue weighted by Crippen LogP contribution is 2.37. The average Bonchev–Trinajstić information content (AvgIpc) is 2.95. The van der Waals surface area contributed by atoms with E-state index in [1.807, 2.05) is 6.07 Å². The van der Waals surface area contributed by atoms with Crippen molar-refractivity contribution in [2.24, 2.45) is 17.6 Å². The minimum Gasteiger partial charge on any atom is -0.415 e. The van der Waals surface area contributed by atoms with E-state index in [9.17, 15) is 13.6 Å². The van der Waals surface area contributed by atoms with E-state index >= 15 is 0 Å². The van der Waals surface area contributed by atoms with E-state index in [0.717, 1.165) is 10.9 Å². The molecule has 10 heteroatoms. The lowest BCUT2D eigenvalue weighted by molar-refractivity contribution is -0.110. The number of ether oxygens (including phenoxy) is 1. The van der Waals surface area contributed by atoms with Crippen LogP contribution in [0.3, 0.4) is 0 Å². The maximum absolute atomic E-state index is 12.2. The van der Waals surface area contributed by atoms with Crippen LogP contribution in [0.4, 0.5) is 14.6 Å². The van der Waals surface area contributed by atoms with Gasteiger partial charge >= 0.3 is 6.61 Å². The summed E-state index contributed by atoms with van der Waals surface area (Å²) in [7, 11) is 1.37. The number of carbonyl (C=O) groups is 1. The summed E-state index contributed by atoms with van der Waals surface area (Å²) in [5, 5.41) is 17.7. The molecule has 0 aromatic carbocycles. The molecule has 1 aliphatic rings. The van der Waals surface area contributed by atoms with Crippen LogP contribution < -0.4 is 9.75 Å². The third kappa shape index (κ3) is 2.30. The molecule has 106 valence electrons. The van der Waals surface area contributed by atoms with E-state index in [1.54, 1.807) is 0 Å². The number of rotatable bonds is 4. The molecule has 0 radical (unpaired) electrons. The molecule has 0 saturated heterocycles. The molecule has 0 bridgehead atoms. The van der Waals surface area contributed by atoms with Crippen molar-refractivity contribution in [2.75, 3.05) is 11.6 Å². The lowest BCUT2D eigenvalue weighted by Crippen LogP contribution is -2.29. The standard InChI is InChI=1S/C10H8ClF2N5O2/c1-17-8(20-9(12)13)6(11)7(16-17)18-4-10(2-14,5-19)3-15-18/h3,5,9H,4H2,1H3. The number of hydrogen-bond donors (Lipinski definition) is 0. The van der Waals surface area contributed by atoms with Crippen LogP contribution >= 0.6 is 11.6 Å². The molecule has 2 heterocycles.